The van der Waals surface area contributed by atoms with Gasteiger partial charge in [-0.05, 0) is 30.5 Å². The third kappa shape index (κ3) is 3.28. The Kier molecular flexibility index (Phi) is 4.92. The number of para-hydroxylation sites is 1. The first kappa shape index (κ1) is 18.0. The van der Waals surface area contributed by atoms with Crippen LogP contribution < -0.4 is 0 Å². The summed E-state index contributed by atoms with van der Waals surface area (Å²) in [5, 5.41) is 8.45. The van der Waals surface area contributed by atoms with E-state index in [0.717, 1.165) is 27.0 Å². The number of carbonyl (C=O) groups excluding carboxylic acids is 1. The fourth-order valence-corrected chi connectivity index (χ4v) is 3.77. The Bertz CT molecular complexity index is 1200. The van der Waals surface area contributed by atoms with Crippen LogP contribution in [0.15, 0.2) is 54.0 Å². The molecule has 0 N–H and O–H groups in total. The van der Waals surface area contributed by atoms with E-state index in [1.54, 1.807) is 30.5 Å². The molecule has 0 fully saturated rings. The Hall–Kier alpha value is -3.43. The second-order valence-electron chi connectivity index (χ2n) is 6.11. The lowest BCUT2D eigenvalue weighted by Crippen LogP contribution is -2.08. The van der Waals surface area contributed by atoms with Gasteiger partial charge in [0, 0.05) is 22.5 Å². The zero-order valence-electron chi connectivity index (χ0n) is 15.5. The van der Waals surface area contributed by atoms with Crippen molar-refractivity contribution in [3.63, 3.8) is 0 Å². The number of thiazole rings is 1. The number of rotatable bonds is 4. The van der Waals surface area contributed by atoms with Gasteiger partial charge in [-0.1, -0.05) is 36.3 Å². The number of fused-ring (bicyclic) bond motifs is 1. The Labute approximate surface area is 166 Å². The second-order valence-corrected chi connectivity index (χ2v) is 7.00. The zero-order chi connectivity index (χ0) is 19.5. The highest BCUT2D eigenvalue weighted by molar-refractivity contribution is 7.13. The molecule has 0 radical (unpaired) electrons. The highest BCUT2D eigenvalue weighted by atomic mass is 32.1. The Balaban J connectivity index is 1.77. The molecule has 5 nitrogen and oxygen atoms in total. The van der Waals surface area contributed by atoms with Gasteiger partial charge in [0.15, 0.2) is 0 Å². The van der Waals surface area contributed by atoms with E-state index in [2.05, 4.69) is 34.1 Å². The minimum Gasteiger partial charge on any atom is -0.465 e. The molecular formula is C22H17N3O2S. The lowest BCUT2D eigenvalue weighted by atomic mass is 10.1. The molecule has 0 saturated heterocycles. The van der Waals surface area contributed by atoms with Crippen LogP contribution >= 0.6 is 11.3 Å². The largest absolute Gasteiger partial charge is 0.465 e. The van der Waals surface area contributed by atoms with Gasteiger partial charge in [0.25, 0.3) is 0 Å². The summed E-state index contributed by atoms with van der Waals surface area (Å²) in [5.41, 5.74) is 4.02. The summed E-state index contributed by atoms with van der Waals surface area (Å²) in [4.78, 5) is 16.6. The van der Waals surface area contributed by atoms with Gasteiger partial charge >= 0.3 is 5.97 Å². The predicted octanol–water partition coefficient (Wildman–Crippen LogP) is 4.37. The molecule has 0 aliphatic rings. The molecule has 2 heterocycles. The molecule has 4 aromatic rings. The molecule has 0 aliphatic heterocycles. The van der Waals surface area contributed by atoms with E-state index in [4.69, 9.17) is 4.74 Å². The number of ether oxygens (including phenoxy) is 1. The molecule has 2 aromatic heterocycles. The van der Waals surface area contributed by atoms with Crippen molar-refractivity contribution in [2.24, 2.45) is 0 Å². The number of esters is 1. The monoisotopic (exact) mass is 387 g/mol. The van der Waals surface area contributed by atoms with E-state index >= 15 is 0 Å². The average Bonchev–Trinajstić information content (AvgIpc) is 3.37. The van der Waals surface area contributed by atoms with Crippen molar-refractivity contribution in [1.82, 2.24) is 14.8 Å². The maximum Gasteiger partial charge on any atom is 0.340 e. The topological polar surface area (TPSA) is 57.0 Å². The van der Waals surface area contributed by atoms with Crippen LogP contribution in [0.3, 0.4) is 0 Å². The molecule has 0 atom stereocenters. The normalized spacial score (nSPS) is 10.5. The third-order valence-corrected chi connectivity index (χ3v) is 5.21. The van der Waals surface area contributed by atoms with Crippen LogP contribution in [0.5, 0.6) is 0 Å². The zero-order valence-corrected chi connectivity index (χ0v) is 16.3. The highest BCUT2D eigenvalue weighted by Gasteiger charge is 2.18. The fraction of sp³-hybridized carbons (Fsp3) is 0.136. The van der Waals surface area contributed by atoms with Crippen LogP contribution in [-0.2, 0) is 11.3 Å². The molecule has 0 bridgehead atoms. The molecule has 0 spiro atoms. The van der Waals surface area contributed by atoms with Crippen molar-refractivity contribution in [2.75, 3.05) is 7.11 Å². The smallest absolute Gasteiger partial charge is 0.340 e. The minimum atomic E-state index is -0.387. The van der Waals surface area contributed by atoms with Gasteiger partial charge in [-0.15, -0.1) is 11.3 Å². The van der Waals surface area contributed by atoms with Crippen molar-refractivity contribution in [3.8, 4) is 22.4 Å². The maximum absolute atomic E-state index is 12.3. The summed E-state index contributed by atoms with van der Waals surface area (Å²) in [6.07, 6.45) is 1.80. The molecule has 0 unspecified atom stereocenters. The minimum absolute atomic E-state index is 0.387. The van der Waals surface area contributed by atoms with Gasteiger partial charge in [-0.25, -0.2) is 9.78 Å². The standard InChI is InChI=1S/C22H17N3O2S/c1-3-5-19-17-6-4-7-18(22(26)27-2)20(17)25(24-19)14-15-8-10-16(11-9-15)21-23-12-13-28-21/h4,6-13H,14H2,1-2H3. The lowest BCUT2D eigenvalue weighted by molar-refractivity contribution is 0.0602. The van der Waals surface area contributed by atoms with E-state index in [0.29, 0.717) is 17.8 Å². The molecular weight excluding hydrogens is 370 g/mol. The first-order valence-electron chi connectivity index (χ1n) is 8.70. The van der Waals surface area contributed by atoms with Gasteiger partial charge in [0.2, 0.25) is 0 Å². The van der Waals surface area contributed by atoms with Gasteiger partial charge < -0.3 is 4.74 Å². The summed E-state index contributed by atoms with van der Waals surface area (Å²) in [7, 11) is 1.38. The number of benzene rings is 2. The van der Waals surface area contributed by atoms with Crippen molar-refractivity contribution in [3.05, 3.63) is 70.9 Å². The molecule has 0 saturated carbocycles. The van der Waals surface area contributed by atoms with Gasteiger partial charge in [0.05, 0.1) is 24.7 Å². The van der Waals surface area contributed by atoms with Gasteiger partial charge in [-0.3, -0.25) is 4.68 Å². The summed E-state index contributed by atoms with van der Waals surface area (Å²) in [5.74, 6) is 5.53. The molecule has 6 heteroatoms. The van der Waals surface area contributed by atoms with Gasteiger partial charge in [-0.2, -0.15) is 5.10 Å². The van der Waals surface area contributed by atoms with Crippen molar-refractivity contribution in [1.29, 1.82) is 0 Å². The lowest BCUT2D eigenvalue weighted by Gasteiger charge is -2.08. The maximum atomic E-state index is 12.3. The predicted molar refractivity (Wildman–Crippen MR) is 110 cm³/mol. The number of methoxy groups -OCH3 is 1. The quantitative estimate of drug-likeness (QED) is 0.385. The summed E-state index contributed by atoms with van der Waals surface area (Å²) < 4.78 is 6.77. The van der Waals surface area contributed by atoms with Crippen LogP contribution in [0.25, 0.3) is 21.5 Å². The van der Waals surface area contributed by atoms with Crippen LogP contribution in [0, 0.1) is 11.8 Å². The van der Waals surface area contributed by atoms with Crippen molar-refractivity contribution < 1.29 is 9.53 Å². The molecule has 0 amide bonds. The average molecular weight is 387 g/mol. The highest BCUT2D eigenvalue weighted by Crippen LogP contribution is 2.25. The first-order chi connectivity index (χ1) is 13.7. The van der Waals surface area contributed by atoms with Crippen LogP contribution in [-0.4, -0.2) is 27.8 Å². The van der Waals surface area contributed by atoms with Crippen molar-refractivity contribution in [2.45, 2.75) is 13.5 Å². The Morgan fingerprint density at radius 2 is 2.04 bits per heavy atom. The summed E-state index contributed by atoms with van der Waals surface area (Å²) in [6.45, 7) is 2.29. The van der Waals surface area contributed by atoms with E-state index < -0.39 is 0 Å². The second kappa shape index (κ2) is 7.67. The van der Waals surface area contributed by atoms with E-state index in [1.165, 1.54) is 7.11 Å². The van der Waals surface area contributed by atoms with E-state index in [1.807, 2.05) is 34.3 Å². The molecule has 4 rings (SSSR count). The van der Waals surface area contributed by atoms with Crippen LogP contribution in [0.2, 0.25) is 0 Å². The molecule has 138 valence electrons. The number of carbonyl (C=O) groups is 1. The molecule has 2 aromatic carbocycles. The first-order valence-corrected chi connectivity index (χ1v) is 9.58. The molecule has 0 aliphatic carbocycles. The fourth-order valence-electron chi connectivity index (χ4n) is 3.13. The van der Waals surface area contributed by atoms with Gasteiger partial charge in [0.1, 0.15) is 10.7 Å². The number of aromatic nitrogens is 3. The third-order valence-electron chi connectivity index (χ3n) is 4.38. The molecule has 28 heavy (non-hydrogen) atoms. The van der Waals surface area contributed by atoms with E-state index in [-0.39, 0.29) is 5.97 Å². The van der Waals surface area contributed by atoms with Crippen LogP contribution in [0.4, 0.5) is 0 Å². The van der Waals surface area contributed by atoms with Crippen LogP contribution in [0.1, 0.15) is 28.5 Å². The van der Waals surface area contributed by atoms with Crippen molar-refractivity contribution >= 4 is 28.2 Å². The summed E-state index contributed by atoms with van der Waals surface area (Å²) >= 11 is 1.61. The van der Waals surface area contributed by atoms with E-state index in [9.17, 15) is 4.79 Å². The number of hydrogen-bond donors (Lipinski definition) is 0. The number of hydrogen-bond acceptors (Lipinski definition) is 5. The SMILES string of the molecule is CC#Cc1nn(Cc2ccc(-c3nccs3)cc2)c2c(C(=O)OC)cccc12. The Morgan fingerprint density at radius 3 is 2.71 bits per heavy atom. The summed E-state index contributed by atoms with van der Waals surface area (Å²) in [6, 6.07) is 13.7. The Morgan fingerprint density at radius 1 is 1.21 bits per heavy atom. The number of nitrogens with zero attached hydrogens (tertiary/aromatic N) is 3.